The Morgan fingerprint density at radius 3 is 3.14 bits per heavy atom. The first-order chi connectivity index (χ1) is 10.1. The van der Waals surface area contributed by atoms with E-state index < -0.39 is 0 Å². The standard InChI is InChI=1S/C14H21ClN4O2/c1-3-19-4-5-21-10(9-19)7-18-14(20)11-6-13(16-2)17-8-12(11)15/h6,8,10H,3-5,7,9H2,1-2H3,(H,16,17)(H,18,20). The Balaban J connectivity index is 1.92. The largest absolute Gasteiger partial charge is 0.374 e. The zero-order valence-corrected chi connectivity index (χ0v) is 13.1. The monoisotopic (exact) mass is 312 g/mol. The highest BCUT2D eigenvalue weighted by Crippen LogP contribution is 2.17. The summed E-state index contributed by atoms with van der Waals surface area (Å²) in [5.74, 6) is 0.395. The summed E-state index contributed by atoms with van der Waals surface area (Å²) in [6, 6.07) is 1.64. The molecule has 116 valence electrons. The van der Waals surface area contributed by atoms with Gasteiger partial charge in [-0.2, -0.15) is 0 Å². The molecule has 1 aromatic rings. The quantitative estimate of drug-likeness (QED) is 0.856. The maximum absolute atomic E-state index is 12.2. The van der Waals surface area contributed by atoms with Crippen molar-refractivity contribution in [3.05, 3.63) is 22.8 Å². The minimum atomic E-state index is -0.212. The highest BCUT2D eigenvalue weighted by Gasteiger charge is 2.20. The lowest BCUT2D eigenvalue weighted by Crippen LogP contribution is -2.47. The molecule has 0 bridgehead atoms. The maximum atomic E-state index is 12.2. The number of pyridine rings is 1. The number of amides is 1. The number of hydrogen-bond donors (Lipinski definition) is 2. The normalized spacial score (nSPS) is 19.3. The van der Waals surface area contributed by atoms with Crippen LogP contribution in [0.2, 0.25) is 5.02 Å². The smallest absolute Gasteiger partial charge is 0.253 e. The number of likely N-dealkylation sites (N-methyl/N-ethyl adjacent to an activating group) is 1. The molecule has 0 aliphatic carbocycles. The van der Waals surface area contributed by atoms with E-state index in [4.69, 9.17) is 16.3 Å². The molecule has 1 aliphatic rings. The van der Waals surface area contributed by atoms with Gasteiger partial charge in [-0.1, -0.05) is 18.5 Å². The van der Waals surface area contributed by atoms with Gasteiger partial charge in [-0.05, 0) is 12.6 Å². The van der Waals surface area contributed by atoms with E-state index in [9.17, 15) is 4.79 Å². The fourth-order valence-electron chi connectivity index (χ4n) is 2.24. The number of hydrogen-bond acceptors (Lipinski definition) is 5. The number of ether oxygens (including phenoxy) is 1. The molecule has 1 saturated heterocycles. The van der Waals surface area contributed by atoms with E-state index in [0.29, 0.717) is 29.6 Å². The van der Waals surface area contributed by atoms with Crippen LogP contribution in [0, 0.1) is 0 Å². The van der Waals surface area contributed by atoms with Crippen molar-refractivity contribution in [2.24, 2.45) is 0 Å². The zero-order chi connectivity index (χ0) is 15.2. The van der Waals surface area contributed by atoms with Gasteiger partial charge in [0, 0.05) is 32.9 Å². The van der Waals surface area contributed by atoms with Crippen LogP contribution in [-0.2, 0) is 4.74 Å². The molecule has 0 spiro atoms. The molecule has 21 heavy (non-hydrogen) atoms. The lowest BCUT2D eigenvalue weighted by Gasteiger charge is -2.32. The second kappa shape index (κ2) is 7.59. The van der Waals surface area contributed by atoms with E-state index in [-0.39, 0.29) is 12.0 Å². The van der Waals surface area contributed by atoms with Crippen LogP contribution in [0.15, 0.2) is 12.3 Å². The number of rotatable bonds is 5. The van der Waals surface area contributed by atoms with Crippen LogP contribution in [0.3, 0.4) is 0 Å². The van der Waals surface area contributed by atoms with E-state index in [0.717, 1.165) is 19.6 Å². The second-order valence-corrected chi connectivity index (χ2v) is 5.30. The Bertz CT molecular complexity index is 498. The van der Waals surface area contributed by atoms with Crippen molar-refractivity contribution in [2.45, 2.75) is 13.0 Å². The van der Waals surface area contributed by atoms with Gasteiger partial charge in [0.15, 0.2) is 0 Å². The molecule has 0 aromatic carbocycles. The van der Waals surface area contributed by atoms with Crippen molar-refractivity contribution in [1.82, 2.24) is 15.2 Å². The van der Waals surface area contributed by atoms with Gasteiger partial charge < -0.3 is 15.4 Å². The predicted octanol–water partition coefficient (Wildman–Crippen LogP) is 1.23. The summed E-state index contributed by atoms with van der Waals surface area (Å²) >= 11 is 6.02. The van der Waals surface area contributed by atoms with Crippen LogP contribution in [0.1, 0.15) is 17.3 Å². The van der Waals surface area contributed by atoms with E-state index in [2.05, 4.69) is 27.4 Å². The summed E-state index contributed by atoms with van der Waals surface area (Å²) in [5.41, 5.74) is 0.416. The fraction of sp³-hybridized carbons (Fsp3) is 0.571. The van der Waals surface area contributed by atoms with Gasteiger partial charge in [0.25, 0.3) is 5.91 Å². The molecule has 2 heterocycles. The number of carbonyl (C=O) groups excluding carboxylic acids is 1. The minimum absolute atomic E-state index is 0.0204. The molecule has 7 heteroatoms. The Hall–Kier alpha value is -1.37. The summed E-state index contributed by atoms with van der Waals surface area (Å²) in [7, 11) is 1.74. The molecule has 1 aromatic heterocycles. The van der Waals surface area contributed by atoms with Crippen molar-refractivity contribution in [3.8, 4) is 0 Å². The lowest BCUT2D eigenvalue weighted by molar-refractivity contribution is -0.0246. The predicted molar refractivity (Wildman–Crippen MR) is 83.0 cm³/mol. The molecule has 2 N–H and O–H groups in total. The van der Waals surface area contributed by atoms with Crippen molar-refractivity contribution < 1.29 is 9.53 Å². The van der Waals surface area contributed by atoms with E-state index in [1.165, 1.54) is 6.20 Å². The van der Waals surface area contributed by atoms with Gasteiger partial charge in [0.1, 0.15) is 5.82 Å². The number of halogens is 1. The van der Waals surface area contributed by atoms with E-state index in [1.807, 2.05) is 0 Å². The molecule has 1 amide bonds. The van der Waals surface area contributed by atoms with Crippen molar-refractivity contribution in [1.29, 1.82) is 0 Å². The number of carbonyl (C=O) groups is 1. The topological polar surface area (TPSA) is 66.5 Å². The van der Waals surface area contributed by atoms with Crippen molar-refractivity contribution in [3.63, 3.8) is 0 Å². The van der Waals surface area contributed by atoms with Gasteiger partial charge in [-0.15, -0.1) is 0 Å². The number of aromatic nitrogens is 1. The molecule has 0 saturated carbocycles. The van der Waals surface area contributed by atoms with E-state index in [1.54, 1.807) is 13.1 Å². The molecular formula is C14H21ClN4O2. The zero-order valence-electron chi connectivity index (χ0n) is 12.4. The SMILES string of the molecule is CCN1CCOC(CNC(=O)c2cc(NC)ncc2Cl)C1. The molecule has 1 unspecified atom stereocenters. The van der Waals surface area contributed by atoms with Gasteiger partial charge in [-0.3, -0.25) is 9.69 Å². The van der Waals surface area contributed by atoms with Crippen molar-refractivity contribution >= 4 is 23.3 Å². The Labute approximate surface area is 129 Å². The third-order valence-electron chi connectivity index (χ3n) is 3.52. The molecule has 1 aliphatic heterocycles. The Morgan fingerprint density at radius 1 is 1.62 bits per heavy atom. The van der Waals surface area contributed by atoms with Crippen molar-refractivity contribution in [2.75, 3.05) is 45.2 Å². The number of anilines is 1. The van der Waals surface area contributed by atoms with Crippen LogP contribution in [-0.4, -0.2) is 61.7 Å². The summed E-state index contributed by atoms with van der Waals surface area (Å²) in [4.78, 5) is 18.6. The first-order valence-corrected chi connectivity index (χ1v) is 7.47. The summed E-state index contributed by atoms with van der Waals surface area (Å²) in [5, 5.41) is 6.10. The van der Waals surface area contributed by atoms with Gasteiger partial charge in [0.05, 0.1) is 23.3 Å². The lowest BCUT2D eigenvalue weighted by atomic mass is 10.2. The summed E-state index contributed by atoms with van der Waals surface area (Å²) in [6.07, 6.45) is 1.49. The molecule has 1 fully saturated rings. The van der Waals surface area contributed by atoms with Gasteiger partial charge in [-0.25, -0.2) is 4.98 Å². The Morgan fingerprint density at radius 2 is 2.43 bits per heavy atom. The van der Waals surface area contributed by atoms with Gasteiger partial charge in [0.2, 0.25) is 0 Å². The maximum Gasteiger partial charge on any atom is 0.253 e. The number of nitrogens with one attached hydrogen (secondary N) is 2. The highest BCUT2D eigenvalue weighted by molar-refractivity contribution is 6.33. The van der Waals surface area contributed by atoms with Crippen LogP contribution < -0.4 is 10.6 Å². The third kappa shape index (κ3) is 4.30. The minimum Gasteiger partial charge on any atom is -0.374 e. The number of nitrogens with zero attached hydrogens (tertiary/aromatic N) is 2. The average molecular weight is 313 g/mol. The van der Waals surface area contributed by atoms with Crippen LogP contribution >= 0.6 is 11.6 Å². The first kappa shape index (κ1) is 16.0. The third-order valence-corrected chi connectivity index (χ3v) is 3.82. The van der Waals surface area contributed by atoms with Crippen LogP contribution in [0.4, 0.5) is 5.82 Å². The molecular weight excluding hydrogens is 292 g/mol. The van der Waals surface area contributed by atoms with E-state index >= 15 is 0 Å². The number of morpholine rings is 1. The second-order valence-electron chi connectivity index (χ2n) is 4.90. The molecule has 2 rings (SSSR count). The first-order valence-electron chi connectivity index (χ1n) is 7.09. The average Bonchev–Trinajstić information content (AvgIpc) is 2.53. The van der Waals surface area contributed by atoms with Crippen LogP contribution in [0.5, 0.6) is 0 Å². The molecule has 1 atom stereocenters. The Kier molecular flexibility index (Phi) is 5.78. The summed E-state index contributed by atoms with van der Waals surface area (Å²) in [6.45, 7) is 6.08. The molecule has 0 radical (unpaired) electrons. The fourth-order valence-corrected chi connectivity index (χ4v) is 2.43. The van der Waals surface area contributed by atoms with Crippen LogP contribution in [0.25, 0.3) is 0 Å². The summed E-state index contributed by atoms with van der Waals surface area (Å²) < 4.78 is 5.66. The molecule has 6 nitrogen and oxygen atoms in total. The van der Waals surface area contributed by atoms with Gasteiger partial charge >= 0.3 is 0 Å². The highest BCUT2D eigenvalue weighted by atomic mass is 35.5.